The second kappa shape index (κ2) is 7.97. The van der Waals surface area contributed by atoms with Crippen molar-refractivity contribution in [2.45, 2.75) is 33.7 Å². The van der Waals surface area contributed by atoms with Crippen LogP contribution in [0.15, 0.2) is 30.5 Å². The topological polar surface area (TPSA) is 66.0 Å². The molecule has 2 aliphatic heterocycles. The number of carbonyl (C=O) groups is 2. The second-order valence-electron chi connectivity index (χ2n) is 8.23. The zero-order valence-electron chi connectivity index (χ0n) is 18.0. The Kier molecular flexibility index (Phi) is 5.37. The van der Waals surface area contributed by atoms with Crippen molar-refractivity contribution < 1.29 is 14.3 Å². The quantitative estimate of drug-likeness (QED) is 0.780. The molecule has 2 saturated heterocycles. The number of hydrogen-bond donors (Lipinski definition) is 0. The minimum Gasteiger partial charge on any atom is -0.447 e. The Morgan fingerprint density at radius 2 is 1.80 bits per heavy atom. The van der Waals surface area contributed by atoms with E-state index in [2.05, 4.69) is 22.9 Å². The maximum absolute atomic E-state index is 13.1. The standard InChI is InChI=1S/C23H28N4O3/c1-15-11-17(3)21(24-13-15)25-7-9-26(10-8-25)22(28)20-6-5-19(12-16(20)2)27-18(4)14-30-23(27)29/h5-6,11-13,18H,7-10,14H2,1-4H3/t18-/m1/s1. The van der Waals surface area contributed by atoms with Crippen LogP contribution in [0.1, 0.15) is 34.0 Å². The molecule has 2 aliphatic rings. The summed E-state index contributed by atoms with van der Waals surface area (Å²) in [5.74, 6) is 1.03. The van der Waals surface area contributed by atoms with Crippen molar-refractivity contribution in [2.75, 3.05) is 42.6 Å². The van der Waals surface area contributed by atoms with Gasteiger partial charge in [0.1, 0.15) is 12.4 Å². The number of pyridine rings is 1. The fourth-order valence-electron chi connectivity index (χ4n) is 4.24. The highest BCUT2D eigenvalue weighted by Gasteiger charge is 2.31. The molecule has 0 unspecified atom stereocenters. The van der Waals surface area contributed by atoms with Gasteiger partial charge in [0.05, 0.1) is 6.04 Å². The molecule has 2 amide bonds. The minimum absolute atomic E-state index is 0.00892. The molecule has 0 aliphatic carbocycles. The number of hydrogen-bond acceptors (Lipinski definition) is 5. The lowest BCUT2D eigenvalue weighted by atomic mass is 10.0. The van der Waals surface area contributed by atoms with Gasteiger partial charge in [0, 0.05) is 43.6 Å². The van der Waals surface area contributed by atoms with Crippen molar-refractivity contribution in [3.8, 4) is 0 Å². The third-order valence-corrected chi connectivity index (χ3v) is 5.86. The van der Waals surface area contributed by atoms with Gasteiger partial charge in [0.2, 0.25) is 0 Å². The Morgan fingerprint density at radius 1 is 1.07 bits per heavy atom. The molecule has 2 fully saturated rings. The number of aryl methyl sites for hydroxylation is 3. The summed E-state index contributed by atoms with van der Waals surface area (Å²) in [4.78, 5) is 35.5. The normalized spacial score (nSPS) is 19.3. The van der Waals surface area contributed by atoms with E-state index in [0.717, 1.165) is 41.3 Å². The molecular formula is C23H28N4O3. The molecule has 0 saturated carbocycles. The molecule has 0 bridgehead atoms. The molecule has 2 aromatic rings. The molecule has 1 atom stereocenters. The maximum Gasteiger partial charge on any atom is 0.414 e. The van der Waals surface area contributed by atoms with Gasteiger partial charge >= 0.3 is 6.09 Å². The molecule has 7 nitrogen and oxygen atoms in total. The van der Waals surface area contributed by atoms with E-state index in [0.29, 0.717) is 25.3 Å². The van der Waals surface area contributed by atoms with E-state index in [-0.39, 0.29) is 18.0 Å². The van der Waals surface area contributed by atoms with Gasteiger partial charge in [-0.1, -0.05) is 6.07 Å². The monoisotopic (exact) mass is 408 g/mol. The first-order valence-corrected chi connectivity index (χ1v) is 10.4. The van der Waals surface area contributed by atoms with Gasteiger partial charge in [-0.15, -0.1) is 0 Å². The van der Waals surface area contributed by atoms with Gasteiger partial charge in [-0.2, -0.15) is 0 Å². The summed E-state index contributed by atoms with van der Waals surface area (Å²) >= 11 is 0. The Morgan fingerprint density at radius 3 is 2.40 bits per heavy atom. The summed E-state index contributed by atoms with van der Waals surface area (Å²) in [7, 11) is 0. The van der Waals surface area contributed by atoms with Crippen LogP contribution >= 0.6 is 0 Å². The summed E-state index contributed by atoms with van der Waals surface area (Å²) in [5.41, 5.74) is 4.63. The highest BCUT2D eigenvalue weighted by molar-refractivity contribution is 5.97. The number of benzene rings is 1. The van der Waals surface area contributed by atoms with E-state index in [1.165, 1.54) is 0 Å². The van der Waals surface area contributed by atoms with Gasteiger partial charge in [0.15, 0.2) is 0 Å². The third-order valence-electron chi connectivity index (χ3n) is 5.86. The zero-order valence-corrected chi connectivity index (χ0v) is 18.0. The molecule has 7 heteroatoms. The molecule has 30 heavy (non-hydrogen) atoms. The molecule has 0 spiro atoms. The Balaban J connectivity index is 1.45. The number of aromatic nitrogens is 1. The number of amides is 2. The summed E-state index contributed by atoms with van der Waals surface area (Å²) in [6.07, 6.45) is 1.55. The van der Waals surface area contributed by atoms with Crippen LogP contribution in [0.3, 0.4) is 0 Å². The zero-order chi connectivity index (χ0) is 21.4. The molecule has 0 radical (unpaired) electrons. The molecule has 3 heterocycles. The fourth-order valence-corrected chi connectivity index (χ4v) is 4.24. The largest absolute Gasteiger partial charge is 0.447 e. The first-order valence-electron chi connectivity index (χ1n) is 10.4. The van der Waals surface area contributed by atoms with Crippen LogP contribution in [0, 0.1) is 20.8 Å². The van der Waals surface area contributed by atoms with Crippen molar-refractivity contribution in [1.29, 1.82) is 0 Å². The lowest BCUT2D eigenvalue weighted by Crippen LogP contribution is -2.49. The van der Waals surface area contributed by atoms with Crippen LogP contribution in [-0.4, -0.2) is 60.7 Å². The number of cyclic esters (lactones) is 1. The molecule has 158 valence electrons. The summed E-state index contributed by atoms with van der Waals surface area (Å²) in [5, 5.41) is 0. The summed E-state index contributed by atoms with van der Waals surface area (Å²) in [6, 6.07) is 7.68. The van der Waals surface area contributed by atoms with Gasteiger partial charge in [0.25, 0.3) is 5.91 Å². The van der Waals surface area contributed by atoms with Crippen molar-refractivity contribution in [1.82, 2.24) is 9.88 Å². The van der Waals surface area contributed by atoms with Gasteiger partial charge in [-0.25, -0.2) is 9.78 Å². The Labute approximate surface area is 177 Å². The second-order valence-corrected chi connectivity index (χ2v) is 8.23. The van der Waals surface area contributed by atoms with Gasteiger partial charge in [-0.3, -0.25) is 9.69 Å². The van der Waals surface area contributed by atoms with Crippen molar-refractivity contribution >= 4 is 23.5 Å². The van der Waals surface area contributed by atoms with Crippen LogP contribution in [0.25, 0.3) is 0 Å². The van der Waals surface area contributed by atoms with E-state index in [1.54, 1.807) is 4.90 Å². The Hall–Kier alpha value is -3.09. The molecular weight excluding hydrogens is 380 g/mol. The number of rotatable bonds is 3. The van der Waals surface area contributed by atoms with E-state index < -0.39 is 0 Å². The van der Waals surface area contributed by atoms with Crippen LogP contribution in [-0.2, 0) is 4.74 Å². The first kappa shape index (κ1) is 20.2. The average molecular weight is 409 g/mol. The SMILES string of the molecule is Cc1cnc(N2CCN(C(=O)c3ccc(N4C(=O)OC[C@H]4C)cc3C)CC2)c(C)c1. The van der Waals surface area contributed by atoms with E-state index in [1.807, 2.05) is 50.1 Å². The van der Waals surface area contributed by atoms with Gasteiger partial charge < -0.3 is 14.5 Å². The van der Waals surface area contributed by atoms with Gasteiger partial charge in [-0.05, 0) is 62.6 Å². The first-order chi connectivity index (χ1) is 14.3. The van der Waals surface area contributed by atoms with Crippen LogP contribution in [0.4, 0.5) is 16.3 Å². The number of piperazine rings is 1. The minimum atomic E-state index is -0.336. The maximum atomic E-state index is 13.1. The van der Waals surface area contributed by atoms with Crippen LogP contribution in [0.5, 0.6) is 0 Å². The Bertz CT molecular complexity index is 982. The highest BCUT2D eigenvalue weighted by atomic mass is 16.6. The molecule has 1 aromatic carbocycles. The van der Waals surface area contributed by atoms with E-state index >= 15 is 0 Å². The third kappa shape index (κ3) is 3.72. The van der Waals surface area contributed by atoms with E-state index in [9.17, 15) is 9.59 Å². The summed E-state index contributed by atoms with van der Waals surface area (Å²) < 4.78 is 5.11. The van der Waals surface area contributed by atoms with Crippen LogP contribution in [0.2, 0.25) is 0 Å². The fraction of sp³-hybridized carbons (Fsp3) is 0.435. The molecule has 4 rings (SSSR count). The molecule has 0 N–H and O–H groups in total. The lowest BCUT2D eigenvalue weighted by Gasteiger charge is -2.36. The number of nitrogens with zero attached hydrogens (tertiary/aromatic N) is 4. The van der Waals surface area contributed by atoms with Crippen LogP contribution < -0.4 is 9.80 Å². The predicted octanol–water partition coefficient (Wildman–Crippen LogP) is 3.31. The predicted molar refractivity (Wildman–Crippen MR) is 116 cm³/mol. The molecule has 1 aromatic heterocycles. The highest BCUT2D eigenvalue weighted by Crippen LogP contribution is 2.26. The lowest BCUT2D eigenvalue weighted by molar-refractivity contribution is 0.0746. The number of ether oxygens (including phenoxy) is 1. The van der Waals surface area contributed by atoms with Crippen molar-refractivity contribution in [3.05, 3.63) is 52.7 Å². The number of anilines is 2. The average Bonchev–Trinajstić information content (AvgIpc) is 3.06. The van der Waals surface area contributed by atoms with Crippen molar-refractivity contribution in [3.63, 3.8) is 0 Å². The van der Waals surface area contributed by atoms with E-state index in [4.69, 9.17) is 4.74 Å². The smallest absolute Gasteiger partial charge is 0.414 e. The summed E-state index contributed by atoms with van der Waals surface area (Å²) in [6.45, 7) is 11.2. The number of carbonyl (C=O) groups excluding carboxylic acids is 2. The van der Waals surface area contributed by atoms with Crippen molar-refractivity contribution in [2.24, 2.45) is 0 Å².